The van der Waals surface area contributed by atoms with Gasteiger partial charge in [0.1, 0.15) is 0 Å². The van der Waals surface area contributed by atoms with E-state index in [0.29, 0.717) is 0 Å². The summed E-state index contributed by atoms with van der Waals surface area (Å²) in [5, 5.41) is 0. The van der Waals surface area contributed by atoms with E-state index in [1.807, 2.05) is 0 Å². The van der Waals surface area contributed by atoms with Gasteiger partial charge < -0.3 is 0 Å². The molecule has 0 aromatic carbocycles. The maximum atomic E-state index is 2.27. The predicted octanol–water partition coefficient (Wildman–Crippen LogP) is 2.19. The fourth-order valence-corrected chi connectivity index (χ4v) is 1.23. The SMILES string of the molecule is CC1=CC(C)=CC(C)=CB1. The zero-order chi connectivity index (χ0) is 7.56. The van der Waals surface area contributed by atoms with Gasteiger partial charge in [0.05, 0.1) is 0 Å². The Morgan fingerprint density at radius 1 is 1.00 bits per heavy atom. The van der Waals surface area contributed by atoms with Crippen molar-refractivity contribution in [2.45, 2.75) is 20.8 Å². The van der Waals surface area contributed by atoms with E-state index in [1.165, 1.54) is 16.6 Å². The molecule has 0 aromatic heterocycles. The molecule has 0 unspecified atom stereocenters. The number of hydrogen-bond donors (Lipinski definition) is 0. The summed E-state index contributed by atoms with van der Waals surface area (Å²) in [6.07, 6.45) is 4.46. The first-order valence-electron chi connectivity index (χ1n) is 3.71. The highest BCUT2D eigenvalue weighted by Gasteiger charge is 1.95. The molecule has 10 heavy (non-hydrogen) atoms. The second-order valence-electron chi connectivity index (χ2n) is 3.03. The zero-order valence-electron chi connectivity index (χ0n) is 6.94. The van der Waals surface area contributed by atoms with Crippen molar-refractivity contribution in [2.75, 3.05) is 0 Å². The largest absolute Gasteiger partial charge is 0.177 e. The van der Waals surface area contributed by atoms with E-state index in [-0.39, 0.29) is 0 Å². The van der Waals surface area contributed by atoms with Crippen LogP contribution in [0.2, 0.25) is 0 Å². The molecule has 1 rings (SSSR count). The lowest BCUT2D eigenvalue weighted by atomic mass is 9.70. The van der Waals surface area contributed by atoms with E-state index in [4.69, 9.17) is 0 Å². The van der Waals surface area contributed by atoms with Crippen molar-refractivity contribution in [2.24, 2.45) is 0 Å². The van der Waals surface area contributed by atoms with Crippen LogP contribution in [0.4, 0.5) is 0 Å². The number of allylic oxidation sites excluding steroid dienone is 5. The monoisotopic (exact) mass is 132 g/mol. The van der Waals surface area contributed by atoms with Gasteiger partial charge in [-0.1, -0.05) is 30.2 Å². The lowest BCUT2D eigenvalue weighted by Gasteiger charge is -1.90. The Kier molecular flexibility index (Phi) is 2.15. The highest BCUT2D eigenvalue weighted by atomic mass is 13.9. The molecule has 0 bridgehead atoms. The maximum absolute atomic E-state index is 2.27. The molecule has 0 fully saturated rings. The molecule has 1 aliphatic heterocycles. The second-order valence-corrected chi connectivity index (χ2v) is 3.03. The molecule has 0 amide bonds. The van der Waals surface area contributed by atoms with Crippen molar-refractivity contribution in [1.29, 1.82) is 0 Å². The van der Waals surface area contributed by atoms with E-state index in [2.05, 4.69) is 38.9 Å². The highest BCUT2D eigenvalue weighted by molar-refractivity contribution is 6.51. The van der Waals surface area contributed by atoms with Gasteiger partial charge in [0.2, 0.25) is 0 Å². The first-order valence-corrected chi connectivity index (χ1v) is 3.71. The summed E-state index contributed by atoms with van der Waals surface area (Å²) in [6.45, 7) is 6.47. The van der Waals surface area contributed by atoms with Gasteiger partial charge in [0.25, 0.3) is 0 Å². The first-order chi connectivity index (χ1) is 4.68. The molecule has 1 heterocycles. The molecule has 0 atom stereocenters. The lowest BCUT2D eigenvalue weighted by molar-refractivity contribution is 1.44. The van der Waals surface area contributed by atoms with Crippen LogP contribution in [0.1, 0.15) is 20.8 Å². The summed E-state index contributed by atoms with van der Waals surface area (Å²) < 4.78 is 0. The minimum Gasteiger partial charge on any atom is -0.111 e. The fraction of sp³-hybridized carbons (Fsp3) is 0.333. The van der Waals surface area contributed by atoms with E-state index < -0.39 is 0 Å². The van der Waals surface area contributed by atoms with Crippen LogP contribution in [0, 0.1) is 0 Å². The Morgan fingerprint density at radius 3 is 2.40 bits per heavy atom. The molecule has 0 N–H and O–H groups in total. The van der Waals surface area contributed by atoms with Gasteiger partial charge in [0, 0.05) is 0 Å². The van der Waals surface area contributed by atoms with Crippen LogP contribution < -0.4 is 0 Å². The molecule has 1 aliphatic rings. The summed E-state index contributed by atoms with van der Waals surface area (Å²) in [7, 11) is 1.11. The van der Waals surface area contributed by atoms with E-state index in [1.54, 1.807) is 0 Å². The van der Waals surface area contributed by atoms with Crippen molar-refractivity contribution in [1.82, 2.24) is 0 Å². The van der Waals surface area contributed by atoms with Crippen LogP contribution in [0.3, 0.4) is 0 Å². The third-order valence-corrected chi connectivity index (χ3v) is 1.68. The molecule has 0 spiro atoms. The van der Waals surface area contributed by atoms with Gasteiger partial charge in [-0.25, -0.2) is 0 Å². The lowest BCUT2D eigenvalue weighted by Crippen LogP contribution is -1.86. The van der Waals surface area contributed by atoms with Crippen molar-refractivity contribution in [3.05, 3.63) is 34.7 Å². The van der Waals surface area contributed by atoms with Gasteiger partial charge in [-0.2, -0.15) is 0 Å². The van der Waals surface area contributed by atoms with Gasteiger partial charge in [0.15, 0.2) is 7.28 Å². The summed E-state index contributed by atoms with van der Waals surface area (Å²) in [5.41, 5.74) is 4.19. The van der Waals surface area contributed by atoms with Crippen LogP contribution in [0.25, 0.3) is 0 Å². The van der Waals surface area contributed by atoms with Crippen molar-refractivity contribution in [3.8, 4) is 0 Å². The van der Waals surface area contributed by atoms with Crippen LogP contribution in [-0.4, -0.2) is 7.28 Å². The average molecular weight is 132 g/mol. The molecule has 52 valence electrons. The van der Waals surface area contributed by atoms with Gasteiger partial charge >= 0.3 is 0 Å². The van der Waals surface area contributed by atoms with Crippen LogP contribution in [0.5, 0.6) is 0 Å². The molecular formula is C9H13B. The highest BCUT2D eigenvalue weighted by Crippen LogP contribution is 2.09. The number of rotatable bonds is 0. The van der Waals surface area contributed by atoms with Crippen molar-refractivity contribution in [3.63, 3.8) is 0 Å². The van der Waals surface area contributed by atoms with Crippen LogP contribution >= 0.6 is 0 Å². The Labute approximate surface area is 63.6 Å². The molecular weight excluding hydrogens is 119 g/mol. The van der Waals surface area contributed by atoms with Crippen molar-refractivity contribution < 1.29 is 0 Å². The van der Waals surface area contributed by atoms with E-state index in [0.717, 1.165) is 7.28 Å². The van der Waals surface area contributed by atoms with Crippen molar-refractivity contribution >= 4 is 7.28 Å². The normalized spacial score (nSPS) is 18.1. The predicted molar refractivity (Wildman–Crippen MR) is 48.4 cm³/mol. The molecule has 0 saturated heterocycles. The van der Waals surface area contributed by atoms with Crippen LogP contribution in [-0.2, 0) is 0 Å². The zero-order valence-corrected chi connectivity index (χ0v) is 6.94. The minimum atomic E-state index is 1.11. The molecule has 0 saturated carbocycles. The molecule has 1 heteroatoms. The third-order valence-electron chi connectivity index (χ3n) is 1.68. The Hall–Kier alpha value is -0.715. The molecule has 0 nitrogen and oxygen atoms in total. The van der Waals surface area contributed by atoms with Crippen LogP contribution in [0.15, 0.2) is 34.7 Å². The first kappa shape index (κ1) is 7.39. The molecule has 0 aromatic rings. The molecule has 0 aliphatic carbocycles. The summed E-state index contributed by atoms with van der Waals surface area (Å²) >= 11 is 0. The molecule has 0 radical (unpaired) electrons. The maximum Gasteiger partial charge on any atom is 0.177 e. The van der Waals surface area contributed by atoms with E-state index in [9.17, 15) is 0 Å². The average Bonchev–Trinajstić information content (AvgIpc) is 1.93. The standard InChI is InChI=1S/C9H13B/c1-7-4-8(2)6-10-9(3)5-7/h4-6,10H,1-3H3. The fourth-order valence-electron chi connectivity index (χ4n) is 1.23. The Balaban J connectivity index is 2.90. The Bertz CT molecular complexity index is 219. The third kappa shape index (κ3) is 1.91. The minimum absolute atomic E-state index is 1.11. The topological polar surface area (TPSA) is 0 Å². The van der Waals surface area contributed by atoms with E-state index >= 15 is 0 Å². The summed E-state index contributed by atoms with van der Waals surface area (Å²) in [4.78, 5) is 0. The quantitative estimate of drug-likeness (QED) is 0.443. The summed E-state index contributed by atoms with van der Waals surface area (Å²) in [6, 6.07) is 0. The van der Waals surface area contributed by atoms with Gasteiger partial charge in [-0.3, -0.25) is 0 Å². The number of hydrogen-bond acceptors (Lipinski definition) is 0. The Morgan fingerprint density at radius 2 is 1.70 bits per heavy atom. The summed E-state index contributed by atoms with van der Waals surface area (Å²) in [5.74, 6) is 2.27. The smallest absolute Gasteiger partial charge is 0.111 e. The van der Waals surface area contributed by atoms with Gasteiger partial charge in [-0.15, -0.1) is 11.4 Å². The second kappa shape index (κ2) is 2.91. The van der Waals surface area contributed by atoms with Gasteiger partial charge in [-0.05, 0) is 13.8 Å².